The van der Waals surface area contributed by atoms with Crippen LogP contribution in [0.3, 0.4) is 0 Å². The molecule has 0 aliphatic heterocycles. The van der Waals surface area contributed by atoms with Gasteiger partial charge in [0.1, 0.15) is 12.7 Å². The van der Waals surface area contributed by atoms with Crippen LogP contribution in [-0.4, -0.2) is 24.6 Å². The van der Waals surface area contributed by atoms with Crippen LogP contribution in [0.2, 0.25) is 0 Å². The zero-order valence-corrected chi connectivity index (χ0v) is 11.5. The molecule has 0 saturated heterocycles. The van der Waals surface area contributed by atoms with Crippen LogP contribution in [0.25, 0.3) is 0 Å². The molecule has 0 aromatic heterocycles. The smallest absolute Gasteiger partial charge is 0.331 e. The largest absolute Gasteiger partial charge is 0.459 e. The van der Waals surface area contributed by atoms with E-state index in [0.29, 0.717) is 0 Å². The van der Waals surface area contributed by atoms with Crippen LogP contribution in [0.5, 0.6) is 0 Å². The number of allylic oxidation sites excluding steroid dienone is 6. The molecule has 0 aliphatic carbocycles. The van der Waals surface area contributed by atoms with Crippen LogP contribution in [0.1, 0.15) is 20.8 Å². The molecule has 0 aromatic rings. The molecule has 0 N–H and O–H groups in total. The summed E-state index contributed by atoms with van der Waals surface area (Å²) in [5.41, 5.74) is 0. The Balaban J connectivity index is 3.95. The highest BCUT2D eigenvalue weighted by Gasteiger charge is 2.08. The lowest BCUT2D eigenvalue weighted by molar-refractivity contribution is -0.151. The topological polar surface area (TPSA) is 52.6 Å². The Morgan fingerprint density at radius 2 is 1.47 bits per heavy atom. The van der Waals surface area contributed by atoms with Gasteiger partial charge >= 0.3 is 11.9 Å². The monoisotopic (exact) mass is 264 g/mol. The second-order valence-electron chi connectivity index (χ2n) is 3.65. The summed E-state index contributed by atoms with van der Waals surface area (Å²) < 4.78 is 9.90. The molecule has 0 bridgehead atoms. The van der Waals surface area contributed by atoms with E-state index in [1.807, 2.05) is 13.8 Å². The van der Waals surface area contributed by atoms with Gasteiger partial charge in [0.05, 0.1) is 0 Å². The first-order chi connectivity index (χ1) is 9.10. The summed E-state index contributed by atoms with van der Waals surface area (Å²) >= 11 is 0. The molecule has 0 aromatic carbocycles. The van der Waals surface area contributed by atoms with Gasteiger partial charge in [-0.05, 0) is 20.8 Å². The fourth-order valence-electron chi connectivity index (χ4n) is 1.01. The summed E-state index contributed by atoms with van der Waals surface area (Å²) in [4.78, 5) is 22.5. The van der Waals surface area contributed by atoms with Crippen molar-refractivity contribution in [2.45, 2.75) is 26.9 Å². The van der Waals surface area contributed by atoms with Gasteiger partial charge in [0.2, 0.25) is 0 Å². The van der Waals surface area contributed by atoms with Crippen molar-refractivity contribution in [3.63, 3.8) is 0 Å². The van der Waals surface area contributed by atoms with Gasteiger partial charge in [-0.25, -0.2) is 9.59 Å². The minimum atomic E-state index is -0.484. The molecule has 0 spiro atoms. The van der Waals surface area contributed by atoms with Gasteiger partial charge in [-0.2, -0.15) is 0 Å². The van der Waals surface area contributed by atoms with Crippen LogP contribution < -0.4 is 0 Å². The van der Waals surface area contributed by atoms with Gasteiger partial charge in [-0.3, -0.25) is 0 Å². The molecule has 1 atom stereocenters. The van der Waals surface area contributed by atoms with Crippen LogP contribution in [0.15, 0.2) is 48.6 Å². The lowest BCUT2D eigenvalue weighted by Crippen LogP contribution is -2.20. The number of hydrogen-bond donors (Lipinski definition) is 0. The maximum Gasteiger partial charge on any atom is 0.331 e. The van der Waals surface area contributed by atoms with Crippen LogP contribution in [-0.2, 0) is 19.1 Å². The highest BCUT2D eigenvalue weighted by Crippen LogP contribution is 1.96. The Labute approximate surface area is 114 Å². The van der Waals surface area contributed by atoms with E-state index < -0.39 is 18.0 Å². The Hall–Kier alpha value is -2.10. The van der Waals surface area contributed by atoms with Crippen molar-refractivity contribution >= 4 is 11.9 Å². The first kappa shape index (κ1) is 16.9. The van der Waals surface area contributed by atoms with Crippen molar-refractivity contribution < 1.29 is 19.1 Å². The summed E-state index contributed by atoms with van der Waals surface area (Å²) in [6.45, 7) is 5.38. The number of carbonyl (C=O) groups is 2. The van der Waals surface area contributed by atoms with E-state index in [2.05, 4.69) is 0 Å². The summed E-state index contributed by atoms with van der Waals surface area (Å²) in [5.74, 6) is -0.934. The molecule has 4 heteroatoms. The second-order valence-corrected chi connectivity index (χ2v) is 3.65. The molecule has 0 amide bonds. The predicted octanol–water partition coefficient (Wildman–Crippen LogP) is 2.73. The Morgan fingerprint density at radius 1 is 0.947 bits per heavy atom. The highest BCUT2D eigenvalue weighted by atomic mass is 16.6. The van der Waals surface area contributed by atoms with Gasteiger partial charge in [-0.15, -0.1) is 0 Å². The third-order valence-electron chi connectivity index (χ3n) is 1.85. The summed E-state index contributed by atoms with van der Waals surface area (Å²) in [6, 6.07) is 0. The molecular weight excluding hydrogens is 244 g/mol. The fraction of sp³-hybridized carbons (Fsp3) is 0.333. The van der Waals surface area contributed by atoms with Crippen molar-refractivity contribution in [1.29, 1.82) is 0 Å². The SMILES string of the molecule is CC=CC=CC(=O)OCC(C)OC(=O)C=CC=CC. The predicted molar refractivity (Wildman–Crippen MR) is 74.4 cm³/mol. The van der Waals surface area contributed by atoms with Gasteiger partial charge in [-0.1, -0.05) is 36.5 Å². The van der Waals surface area contributed by atoms with E-state index in [-0.39, 0.29) is 6.61 Å². The summed E-state index contributed by atoms with van der Waals surface area (Å²) in [7, 11) is 0. The summed E-state index contributed by atoms with van der Waals surface area (Å²) in [5, 5.41) is 0. The van der Waals surface area contributed by atoms with E-state index >= 15 is 0 Å². The van der Waals surface area contributed by atoms with Crippen molar-refractivity contribution in [3.05, 3.63) is 48.6 Å². The lowest BCUT2D eigenvalue weighted by Gasteiger charge is -2.11. The molecule has 0 aliphatic rings. The minimum Gasteiger partial charge on any atom is -0.459 e. The molecule has 0 saturated carbocycles. The zero-order valence-electron chi connectivity index (χ0n) is 11.5. The van der Waals surface area contributed by atoms with Gasteiger partial charge in [0, 0.05) is 12.2 Å². The van der Waals surface area contributed by atoms with E-state index in [1.54, 1.807) is 43.4 Å². The van der Waals surface area contributed by atoms with Crippen LogP contribution >= 0.6 is 0 Å². The Kier molecular flexibility index (Phi) is 9.80. The summed E-state index contributed by atoms with van der Waals surface area (Å²) in [6.07, 6.45) is 12.3. The Bertz CT molecular complexity index is 389. The number of hydrogen-bond acceptors (Lipinski definition) is 4. The van der Waals surface area contributed by atoms with E-state index in [9.17, 15) is 9.59 Å². The highest BCUT2D eigenvalue weighted by molar-refractivity contribution is 5.83. The number of esters is 2. The van der Waals surface area contributed by atoms with Crippen molar-refractivity contribution in [2.24, 2.45) is 0 Å². The quantitative estimate of drug-likeness (QED) is 0.403. The van der Waals surface area contributed by atoms with Gasteiger partial charge in [0.25, 0.3) is 0 Å². The fourth-order valence-corrected chi connectivity index (χ4v) is 1.01. The average molecular weight is 264 g/mol. The van der Waals surface area contributed by atoms with Crippen molar-refractivity contribution in [3.8, 4) is 0 Å². The molecular formula is C15H20O4. The van der Waals surface area contributed by atoms with Crippen molar-refractivity contribution in [2.75, 3.05) is 6.61 Å². The zero-order chi connectivity index (χ0) is 14.5. The molecule has 4 nitrogen and oxygen atoms in total. The number of rotatable bonds is 7. The lowest BCUT2D eigenvalue weighted by atomic mass is 10.4. The van der Waals surface area contributed by atoms with E-state index in [0.717, 1.165) is 0 Å². The molecule has 1 unspecified atom stereocenters. The first-order valence-corrected chi connectivity index (χ1v) is 6.06. The van der Waals surface area contributed by atoms with Gasteiger partial charge in [0.15, 0.2) is 0 Å². The van der Waals surface area contributed by atoms with Gasteiger partial charge < -0.3 is 9.47 Å². The second kappa shape index (κ2) is 11.0. The van der Waals surface area contributed by atoms with E-state index in [1.165, 1.54) is 12.2 Å². The Morgan fingerprint density at radius 3 is 2.00 bits per heavy atom. The average Bonchev–Trinajstić information content (AvgIpc) is 2.37. The molecule has 0 radical (unpaired) electrons. The van der Waals surface area contributed by atoms with Crippen molar-refractivity contribution in [1.82, 2.24) is 0 Å². The number of ether oxygens (including phenoxy) is 2. The standard InChI is InChI=1S/C15H20O4/c1-4-6-8-10-14(16)18-12-13(3)19-15(17)11-9-7-5-2/h4-11,13H,12H2,1-3H3. The third kappa shape index (κ3) is 10.8. The first-order valence-electron chi connectivity index (χ1n) is 6.06. The minimum absolute atomic E-state index is 0.0300. The molecule has 0 fully saturated rings. The normalized spacial score (nSPS) is 13.6. The maximum absolute atomic E-state index is 11.3. The van der Waals surface area contributed by atoms with Crippen LogP contribution in [0.4, 0.5) is 0 Å². The van der Waals surface area contributed by atoms with E-state index in [4.69, 9.17) is 9.47 Å². The molecule has 104 valence electrons. The molecule has 0 heterocycles. The third-order valence-corrected chi connectivity index (χ3v) is 1.85. The van der Waals surface area contributed by atoms with Crippen LogP contribution in [0, 0.1) is 0 Å². The molecule has 0 rings (SSSR count). The number of carbonyl (C=O) groups excluding carboxylic acids is 2. The molecule has 19 heavy (non-hydrogen) atoms. The maximum atomic E-state index is 11.3.